The smallest absolute Gasteiger partial charge is 0.259 e. The van der Waals surface area contributed by atoms with Crippen molar-refractivity contribution in [1.82, 2.24) is 4.98 Å². The van der Waals surface area contributed by atoms with Gasteiger partial charge < -0.3 is 9.72 Å². The zero-order chi connectivity index (χ0) is 14.7. The second kappa shape index (κ2) is 5.63. The molecule has 2 aromatic carbocycles. The summed E-state index contributed by atoms with van der Waals surface area (Å²) in [6, 6.07) is 16.8. The third-order valence-corrected chi connectivity index (χ3v) is 3.23. The van der Waals surface area contributed by atoms with Crippen molar-refractivity contribution in [1.29, 1.82) is 0 Å². The van der Waals surface area contributed by atoms with Gasteiger partial charge in [0.25, 0.3) is 5.56 Å². The summed E-state index contributed by atoms with van der Waals surface area (Å²) < 4.78 is 5.78. The first-order valence-corrected chi connectivity index (χ1v) is 6.56. The predicted octanol–water partition coefficient (Wildman–Crippen LogP) is 2.92. The first-order chi connectivity index (χ1) is 10.3. The molecule has 104 valence electrons. The molecular formula is C17H13NO3. The number of pyridine rings is 1. The lowest BCUT2D eigenvalue weighted by Gasteiger charge is -2.09. The topological polar surface area (TPSA) is 59.2 Å². The molecule has 21 heavy (non-hydrogen) atoms. The largest absolute Gasteiger partial charge is 0.487 e. The molecule has 1 N–H and O–H groups in total. The number of rotatable bonds is 4. The zero-order valence-electron chi connectivity index (χ0n) is 11.2. The summed E-state index contributed by atoms with van der Waals surface area (Å²) >= 11 is 0. The van der Waals surface area contributed by atoms with E-state index in [1.54, 1.807) is 12.1 Å². The molecule has 4 heteroatoms. The Kier molecular flexibility index (Phi) is 3.51. The summed E-state index contributed by atoms with van der Waals surface area (Å²) in [6.07, 6.45) is 0.551. The van der Waals surface area contributed by atoms with Gasteiger partial charge in [-0.25, -0.2) is 0 Å². The van der Waals surface area contributed by atoms with Crippen LogP contribution >= 0.6 is 0 Å². The lowest BCUT2D eigenvalue weighted by atomic mass is 10.1. The van der Waals surface area contributed by atoms with Crippen molar-refractivity contribution >= 4 is 17.2 Å². The maximum absolute atomic E-state index is 11.7. The van der Waals surface area contributed by atoms with Crippen molar-refractivity contribution in [2.45, 2.75) is 6.61 Å². The molecule has 0 atom stereocenters. The highest BCUT2D eigenvalue weighted by Crippen LogP contribution is 2.23. The molecule has 0 aliphatic carbocycles. The Bertz CT molecular complexity index is 838. The van der Waals surface area contributed by atoms with E-state index in [4.69, 9.17) is 4.74 Å². The number of aromatic amines is 1. The van der Waals surface area contributed by atoms with E-state index in [1.807, 2.05) is 42.5 Å². The molecule has 0 radical (unpaired) electrons. The van der Waals surface area contributed by atoms with Crippen LogP contribution in [0, 0.1) is 0 Å². The van der Waals surface area contributed by atoms with Gasteiger partial charge in [0.1, 0.15) is 12.4 Å². The highest BCUT2D eigenvalue weighted by Gasteiger charge is 2.07. The van der Waals surface area contributed by atoms with Crippen LogP contribution in [0.3, 0.4) is 0 Å². The lowest BCUT2D eigenvalue weighted by Crippen LogP contribution is -2.12. The number of para-hydroxylation sites is 1. The Morgan fingerprint density at radius 2 is 1.86 bits per heavy atom. The second-order valence-corrected chi connectivity index (χ2v) is 4.67. The minimum atomic E-state index is -0.409. The third kappa shape index (κ3) is 2.69. The van der Waals surface area contributed by atoms with Crippen LogP contribution < -0.4 is 10.3 Å². The van der Waals surface area contributed by atoms with Crippen molar-refractivity contribution in [2.24, 2.45) is 0 Å². The van der Waals surface area contributed by atoms with Crippen LogP contribution in [0.4, 0.5) is 0 Å². The van der Waals surface area contributed by atoms with Crippen LogP contribution in [0.5, 0.6) is 5.75 Å². The molecule has 0 unspecified atom stereocenters. The fourth-order valence-electron chi connectivity index (χ4n) is 2.16. The average molecular weight is 279 g/mol. The summed E-state index contributed by atoms with van der Waals surface area (Å²) in [5.41, 5.74) is 1.35. The number of nitrogens with one attached hydrogen (secondary N) is 1. The van der Waals surface area contributed by atoms with E-state index >= 15 is 0 Å². The maximum atomic E-state index is 11.7. The SMILES string of the molecule is O=Cc1cc2cccc(OCc3ccccc3)c2[nH]c1=O. The Labute approximate surface area is 121 Å². The number of hydrogen-bond donors (Lipinski definition) is 1. The van der Waals surface area contributed by atoms with Crippen molar-refractivity contribution in [2.75, 3.05) is 0 Å². The van der Waals surface area contributed by atoms with E-state index < -0.39 is 5.56 Å². The number of benzene rings is 2. The Morgan fingerprint density at radius 1 is 1.05 bits per heavy atom. The molecule has 3 aromatic rings. The molecule has 0 fully saturated rings. The standard InChI is InChI=1S/C17H13NO3/c19-10-14-9-13-7-4-8-15(16(13)18-17(14)20)21-11-12-5-2-1-3-6-12/h1-10H,11H2,(H,18,20). The number of aldehydes is 1. The van der Waals surface area contributed by atoms with E-state index in [-0.39, 0.29) is 5.56 Å². The summed E-state index contributed by atoms with van der Waals surface area (Å²) in [4.78, 5) is 25.3. The van der Waals surface area contributed by atoms with E-state index in [9.17, 15) is 9.59 Å². The number of H-pyrrole nitrogens is 1. The number of carbonyl (C=O) groups is 1. The van der Waals surface area contributed by atoms with E-state index in [1.165, 1.54) is 0 Å². The predicted molar refractivity (Wildman–Crippen MR) is 80.7 cm³/mol. The van der Waals surface area contributed by atoms with Crippen LogP contribution in [0.25, 0.3) is 10.9 Å². The van der Waals surface area contributed by atoms with Gasteiger partial charge in [-0.2, -0.15) is 0 Å². The van der Waals surface area contributed by atoms with E-state index in [0.29, 0.717) is 24.2 Å². The molecule has 1 aromatic heterocycles. The van der Waals surface area contributed by atoms with Gasteiger partial charge in [0.15, 0.2) is 6.29 Å². The summed E-state index contributed by atoms with van der Waals surface area (Å²) in [5.74, 6) is 0.589. The average Bonchev–Trinajstić information content (AvgIpc) is 2.53. The molecule has 0 bridgehead atoms. The van der Waals surface area contributed by atoms with Crippen molar-refractivity contribution in [3.05, 3.63) is 76.1 Å². The van der Waals surface area contributed by atoms with Gasteiger partial charge in [0, 0.05) is 5.39 Å². The molecule has 0 saturated heterocycles. The normalized spacial score (nSPS) is 10.5. The van der Waals surface area contributed by atoms with E-state index in [2.05, 4.69) is 4.98 Å². The van der Waals surface area contributed by atoms with E-state index in [0.717, 1.165) is 10.9 Å². The summed E-state index contributed by atoms with van der Waals surface area (Å²) in [5, 5.41) is 0.766. The quantitative estimate of drug-likeness (QED) is 0.747. The van der Waals surface area contributed by atoms with Crippen molar-refractivity contribution in [3.8, 4) is 5.75 Å². The summed E-state index contributed by atoms with van der Waals surface area (Å²) in [6.45, 7) is 0.414. The van der Waals surface area contributed by atoms with Gasteiger partial charge in [-0.1, -0.05) is 42.5 Å². The van der Waals surface area contributed by atoms with Crippen LogP contribution in [-0.4, -0.2) is 11.3 Å². The third-order valence-electron chi connectivity index (χ3n) is 3.23. The van der Waals surface area contributed by atoms with Crippen LogP contribution in [0.2, 0.25) is 0 Å². The Morgan fingerprint density at radius 3 is 2.62 bits per heavy atom. The molecule has 0 aliphatic heterocycles. The van der Waals surface area contributed by atoms with Gasteiger partial charge in [-0.3, -0.25) is 9.59 Å². The molecule has 0 aliphatic rings. The maximum Gasteiger partial charge on any atom is 0.259 e. The number of carbonyl (C=O) groups excluding carboxylic acids is 1. The van der Waals surface area contributed by atoms with Crippen LogP contribution in [0.15, 0.2) is 59.4 Å². The Balaban J connectivity index is 1.97. The first-order valence-electron chi connectivity index (χ1n) is 6.56. The molecule has 0 spiro atoms. The second-order valence-electron chi connectivity index (χ2n) is 4.67. The highest BCUT2D eigenvalue weighted by atomic mass is 16.5. The molecule has 4 nitrogen and oxygen atoms in total. The fraction of sp³-hybridized carbons (Fsp3) is 0.0588. The van der Waals surface area contributed by atoms with Crippen molar-refractivity contribution < 1.29 is 9.53 Å². The van der Waals surface area contributed by atoms with Gasteiger partial charge in [0.2, 0.25) is 0 Å². The molecule has 1 heterocycles. The zero-order valence-corrected chi connectivity index (χ0v) is 11.2. The van der Waals surface area contributed by atoms with Crippen LogP contribution in [-0.2, 0) is 6.61 Å². The molecule has 0 saturated carbocycles. The van der Waals surface area contributed by atoms with Gasteiger partial charge in [0.05, 0.1) is 11.1 Å². The fourth-order valence-corrected chi connectivity index (χ4v) is 2.16. The Hall–Kier alpha value is -2.88. The van der Waals surface area contributed by atoms with Gasteiger partial charge in [-0.15, -0.1) is 0 Å². The minimum absolute atomic E-state index is 0.114. The molecular weight excluding hydrogens is 266 g/mol. The van der Waals surface area contributed by atoms with Crippen LogP contribution in [0.1, 0.15) is 15.9 Å². The van der Waals surface area contributed by atoms with Crippen molar-refractivity contribution in [3.63, 3.8) is 0 Å². The van der Waals surface area contributed by atoms with Gasteiger partial charge >= 0.3 is 0 Å². The number of ether oxygens (including phenoxy) is 1. The number of aromatic nitrogens is 1. The monoisotopic (exact) mass is 279 g/mol. The molecule has 3 rings (SSSR count). The number of fused-ring (bicyclic) bond motifs is 1. The number of hydrogen-bond acceptors (Lipinski definition) is 3. The molecule has 0 amide bonds. The highest BCUT2D eigenvalue weighted by molar-refractivity contribution is 5.89. The van der Waals surface area contributed by atoms with Gasteiger partial charge in [-0.05, 0) is 17.7 Å². The summed E-state index contributed by atoms with van der Waals surface area (Å²) in [7, 11) is 0. The lowest BCUT2D eigenvalue weighted by molar-refractivity contribution is 0.112. The minimum Gasteiger partial charge on any atom is -0.487 e. The first kappa shape index (κ1) is 13.1.